The van der Waals surface area contributed by atoms with Gasteiger partial charge in [-0.15, -0.1) is 0 Å². The molecule has 0 spiro atoms. The first kappa shape index (κ1) is 19.7. The SMILES string of the molecule is Cc1ccc(CNC(=O)NCC2CCN(Cc3ccccc3Cl)CC2)cc1. The summed E-state index contributed by atoms with van der Waals surface area (Å²) in [5.74, 6) is 0.539. The number of benzene rings is 2. The van der Waals surface area contributed by atoms with E-state index in [0.717, 1.165) is 49.6 Å². The lowest BCUT2D eigenvalue weighted by molar-refractivity contribution is 0.175. The van der Waals surface area contributed by atoms with Gasteiger partial charge in [-0.25, -0.2) is 4.79 Å². The molecule has 4 nitrogen and oxygen atoms in total. The monoisotopic (exact) mass is 385 g/mol. The van der Waals surface area contributed by atoms with Gasteiger partial charge in [0.1, 0.15) is 0 Å². The highest BCUT2D eigenvalue weighted by atomic mass is 35.5. The van der Waals surface area contributed by atoms with Gasteiger partial charge in [-0.05, 0) is 56.0 Å². The van der Waals surface area contributed by atoms with Crippen molar-refractivity contribution in [3.8, 4) is 0 Å². The zero-order valence-electron chi connectivity index (χ0n) is 15.9. The third kappa shape index (κ3) is 6.26. The first-order valence-corrected chi connectivity index (χ1v) is 10.0. The first-order valence-electron chi connectivity index (χ1n) is 9.63. The van der Waals surface area contributed by atoms with E-state index < -0.39 is 0 Å². The average molecular weight is 386 g/mol. The maximum atomic E-state index is 12.0. The summed E-state index contributed by atoms with van der Waals surface area (Å²) in [6.07, 6.45) is 2.20. The Labute approximate surface area is 166 Å². The fourth-order valence-corrected chi connectivity index (χ4v) is 3.60. The fraction of sp³-hybridized carbons (Fsp3) is 0.409. The quantitative estimate of drug-likeness (QED) is 0.775. The van der Waals surface area contributed by atoms with Crippen LogP contribution >= 0.6 is 11.6 Å². The Morgan fingerprint density at radius 2 is 1.78 bits per heavy atom. The highest BCUT2D eigenvalue weighted by Crippen LogP contribution is 2.21. The molecule has 1 saturated heterocycles. The molecule has 0 atom stereocenters. The number of piperidine rings is 1. The Bertz CT molecular complexity index is 739. The van der Waals surface area contributed by atoms with Gasteiger partial charge >= 0.3 is 6.03 Å². The molecule has 0 aliphatic carbocycles. The van der Waals surface area contributed by atoms with Crippen LogP contribution < -0.4 is 10.6 Å². The predicted octanol–water partition coefficient (Wildman–Crippen LogP) is 4.36. The minimum atomic E-state index is -0.0888. The Morgan fingerprint density at radius 3 is 2.48 bits per heavy atom. The number of hydrogen-bond donors (Lipinski definition) is 2. The molecule has 1 fully saturated rings. The summed E-state index contributed by atoms with van der Waals surface area (Å²) in [6.45, 7) is 6.34. The Hall–Kier alpha value is -2.04. The third-order valence-electron chi connectivity index (χ3n) is 5.18. The number of nitrogens with one attached hydrogen (secondary N) is 2. The molecule has 3 rings (SSSR count). The van der Waals surface area contributed by atoms with E-state index in [-0.39, 0.29) is 6.03 Å². The van der Waals surface area contributed by atoms with Gasteiger partial charge in [0.15, 0.2) is 0 Å². The molecule has 27 heavy (non-hydrogen) atoms. The van der Waals surface area contributed by atoms with Crippen molar-refractivity contribution in [2.75, 3.05) is 19.6 Å². The number of amides is 2. The van der Waals surface area contributed by atoms with E-state index in [1.165, 1.54) is 11.1 Å². The lowest BCUT2D eigenvalue weighted by Crippen LogP contribution is -2.41. The number of carbonyl (C=O) groups is 1. The topological polar surface area (TPSA) is 44.4 Å². The summed E-state index contributed by atoms with van der Waals surface area (Å²) < 4.78 is 0. The summed E-state index contributed by atoms with van der Waals surface area (Å²) in [4.78, 5) is 14.5. The number of hydrogen-bond acceptors (Lipinski definition) is 2. The number of nitrogens with zero attached hydrogens (tertiary/aromatic N) is 1. The lowest BCUT2D eigenvalue weighted by Gasteiger charge is -2.32. The highest BCUT2D eigenvalue weighted by molar-refractivity contribution is 6.31. The number of rotatable bonds is 6. The van der Waals surface area contributed by atoms with Crippen LogP contribution in [0.4, 0.5) is 4.79 Å². The van der Waals surface area contributed by atoms with Gasteiger partial charge in [0.25, 0.3) is 0 Å². The van der Waals surface area contributed by atoms with E-state index in [4.69, 9.17) is 11.6 Å². The molecule has 0 bridgehead atoms. The fourth-order valence-electron chi connectivity index (χ4n) is 3.40. The predicted molar refractivity (Wildman–Crippen MR) is 111 cm³/mol. The number of halogens is 1. The smallest absolute Gasteiger partial charge is 0.315 e. The number of carbonyl (C=O) groups excluding carboxylic acids is 1. The minimum absolute atomic E-state index is 0.0888. The number of aryl methyl sites for hydroxylation is 1. The van der Waals surface area contributed by atoms with Crippen molar-refractivity contribution >= 4 is 17.6 Å². The number of urea groups is 1. The van der Waals surface area contributed by atoms with Crippen LogP contribution in [0, 0.1) is 12.8 Å². The number of likely N-dealkylation sites (tertiary alicyclic amines) is 1. The summed E-state index contributed by atoms with van der Waals surface area (Å²) in [6, 6.07) is 16.2. The summed E-state index contributed by atoms with van der Waals surface area (Å²) >= 11 is 6.26. The van der Waals surface area contributed by atoms with Crippen molar-refractivity contribution < 1.29 is 4.79 Å². The maximum Gasteiger partial charge on any atom is 0.315 e. The van der Waals surface area contributed by atoms with Gasteiger partial charge in [-0.3, -0.25) is 4.90 Å². The van der Waals surface area contributed by atoms with Crippen molar-refractivity contribution in [2.45, 2.75) is 32.9 Å². The van der Waals surface area contributed by atoms with E-state index in [0.29, 0.717) is 12.5 Å². The third-order valence-corrected chi connectivity index (χ3v) is 5.55. The molecular weight excluding hydrogens is 358 g/mol. The zero-order chi connectivity index (χ0) is 19.1. The first-order chi connectivity index (χ1) is 13.1. The van der Waals surface area contributed by atoms with E-state index in [1.807, 2.05) is 30.3 Å². The van der Waals surface area contributed by atoms with Gasteiger partial charge in [0.2, 0.25) is 0 Å². The molecule has 2 aromatic carbocycles. The van der Waals surface area contributed by atoms with Gasteiger partial charge < -0.3 is 10.6 Å². The molecule has 1 aliphatic heterocycles. The molecule has 0 aromatic heterocycles. The van der Waals surface area contributed by atoms with Crippen molar-refractivity contribution in [3.05, 3.63) is 70.2 Å². The zero-order valence-corrected chi connectivity index (χ0v) is 16.6. The van der Waals surface area contributed by atoms with E-state index in [2.05, 4.69) is 40.7 Å². The molecule has 0 saturated carbocycles. The van der Waals surface area contributed by atoms with E-state index in [9.17, 15) is 4.79 Å². The minimum Gasteiger partial charge on any atom is -0.338 e. The summed E-state index contributed by atoms with van der Waals surface area (Å²) in [5.41, 5.74) is 3.53. The van der Waals surface area contributed by atoms with Gasteiger partial charge in [-0.2, -0.15) is 0 Å². The molecule has 2 N–H and O–H groups in total. The molecule has 5 heteroatoms. The van der Waals surface area contributed by atoms with Crippen molar-refractivity contribution in [1.82, 2.24) is 15.5 Å². The van der Waals surface area contributed by atoms with Crippen molar-refractivity contribution in [1.29, 1.82) is 0 Å². The van der Waals surface area contributed by atoms with Crippen LogP contribution in [0.1, 0.15) is 29.5 Å². The van der Waals surface area contributed by atoms with Gasteiger partial charge in [0, 0.05) is 24.7 Å². The Balaban J connectivity index is 1.33. The Morgan fingerprint density at radius 1 is 1.07 bits per heavy atom. The molecule has 0 unspecified atom stereocenters. The summed E-state index contributed by atoms with van der Waals surface area (Å²) in [5, 5.41) is 6.79. The van der Waals surface area contributed by atoms with Crippen LogP contribution in [0.25, 0.3) is 0 Å². The molecule has 1 aliphatic rings. The lowest BCUT2D eigenvalue weighted by atomic mass is 9.96. The van der Waals surface area contributed by atoms with Crippen LogP contribution in [0.15, 0.2) is 48.5 Å². The van der Waals surface area contributed by atoms with Gasteiger partial charge in [-0.1, -0.05) is 59.6 Å². The molecule has 1 heterocycles. The molecule has 144 valence electrons. The molecule has 2 aromatic rings. The summed E-state index contributed by atoms with van der Waals surface area (Å²) in [7, 11) is 0. The molecule has 0 radical (unpaired) electrons. The average Bonchev–Trinajstić information content (AvgIpc) is 2.69. The van der Waals surface area contributed by atoms with E-state index >= 15 is 0 Å². The van der Waals surface area contributed by atoms with Crippen LogP contribution in [-0.2, 0) is 13.1 Å². The highest BCUT2D eigenvalue weighted by Gasteiger charge is 2.20. The van der Waals surface area contributed by atoms with Crippen LogP contribution in [0.5, 0.6) is 0 Å². The van der Waals surface area contributed by atoms with Crippen LogP contribution in [0.2, 0.25) is 5.02 Å². The van der Waals surface area contributed by atoms with Crippen molar-refractivity contribution in [3.63, 3.8) is 0 Å². The molecular formula is C22H28ClN3O. The van der Waals surface area contributed by atoms with Crippen LogP contribution in [0.3, 0.4) is 0 Å². The van der Waals surface area contributed by atoms with Crippen molar-refractivity contribution in [2.24, 2.45) is 5.92 Å². The second-order valence-electron chi connectivity index (χ2n) is 7.36. The van der Waals surface area contributed by atoms with E-state index in [1.54, 1.807) is 0 Å². The normalized spacial score (nSPS) is 15.5. The second kappa shape index (κ2) is 9.77. The van der Waals surface area contributed by atoms with Gasteiger partial charge in [0.05, 0.1) is 0 Å². The second-order valence-corrected chi connectivity index (χ2v) is 7.77. The van der Waals surface area contributed by atoms with Crippen LogP contribution in [-0.4, -0.2) is 30.6 Å². The molecule has 2 amide bonds. The largest absolute Gasteiger partial charge is 0.338 e. The Kier molecular flexibility index (Phi) is 7.13. The maximum absolute atomic E-state index is 12.0. The standard InChI is InChI=1S/C22H28ClN3O/c1-17-6-8-18(9-7-17)14-24-22(27)25-15-19-10-12-26(13-11-19)16-20-4-2-3-5-21(20)23/h2-9,19H,10-16H2,1H3,(H2,24,25,27).